The van der Waals surface area contributed by atoms with Crippen molar-refractivity contribution in [3.63, 3.8) is 0 Å². The second kappa shape index (κ2) is 7.67. The van der Waals surface area contributed by atoms with Gasteiger partial charge in [0.25, 0.3) is 5.91 Å². The SMILES string of the molecule is Cn1c(-c2cccc(C(F)(F)F)c2)nn(CCNC(=O)c2ccncc2)c1=O. The van der Waals surface area contributed by atoms with E-state index in [1.165, 1.54) is 36.1 Å². The van der Waals surface area contributed by atoms with Crippen LogP contribution in [0.3, 0.4) is 0 Å². The molecule has 0 unspecified atom stereocenters. The summed E-state index contributed by atoms with van der Waals surface area (Å²) in [7, 11) is 1.43. The van der Waals surface area contributed by atoms with Crippen LogP contribution >= 0.6 is 0 Å². The fraction of sp³-hybridized carbons (Fsp3) is 0.222. The number of carbonyl (C=O) groups excluding carboxylic acids is 1. The highest BCUT2D eigenvalue weighted by atomic mass is 19.4. The molecule has 146 valence electrons. The van der Waals surface area contributed by atoms with Gasteiger partial charge in [0, 0.05) is 37.1 Å². The molecule has 0 saturated heterocycles. The lowest BCUT2D eigenvalue weighted by Crippen LogP contribution is -2.31. The molecule has 0 atom stereocenters. The van der Waals surface area contributed by atoms with Crippen molar-refractivity contribution >= 4 is 5.91 Å². The molecule has 28 heavy (non-hydrogen) atoms. The van der Waals surface area contributed by atoms with Crippen molar-refractivity contribution in [2.24, 2.45) is 7.05 Å². The number of pyridine rings is 1. The number of nitrogens with zero attached hydrogens (tertiary/aromatic N) is 4. The van der Waals surface area contributed by atoms with Gasteiger partial charge in [-0.15, -0.1) is 5.10 Å². The number of rotatable bonds is 5. The van der Waals surface area contributed by atoms with Crippen molar-refractivity contribution in [1.82, 2.24) is 24.6 Å². The van der Waals surface area contributed by atoms with Crippen molar-refractivity contribution in [3.8, 4) is 11.4 Å². The Labute approximate surface area is 157 Å². The molecular formula is C18H16F3N5O2. The Morgan fingerprint density at radius 2 is 1.89 bits per heavy atom. The first-order valence-corrected chi connectivity index (χ1v) is 8.27. The van der Waals surface area contributed by atoms with E-state index < -0.39 is 17.4 Å². The highest BCUT2D eigenvalue weighted by Crippen LogP contribution is 2.31. The minimum Gasteiger partial charge on any atom is -0.350 e. The zero-order valence-electron chi connectivity index (χ0n) is 14.8. The molecule has 0 aliphatic rings. The van der Waals surface area contributed by atoms with Gasteiger partial charge >= 0.3 is 11.9 Å². The molecular weight excluding hydrogens is 375 g/mol. The van der Waals surface area contributed by atoms with Gasteiger partial charge in [0.05, 0.1) is 12.1 Å². The number of hydrogen-bond donors (Lipinski definition) is 1. The molecule has 3 aromatic rings. The first-order chi connectivity index (χ1) is 13.3. The molecule has 0 fully saturated rings. The maximum absolute atomic E-state index is 12.9. The average molecular weight is 391 g/mol. The molecule has 0 aliphatic heterocycles. The summed E-state index contributed by atoms with van der Waals surface area (Å²) in [5.74, 6) is -0.221. The van der Waals surface area contributed by atoms with Crippen LogP contribution in [0, 0.1) is 0 Å². The van der Waals surface area contributed by atoms with Crippen LogP contribution in [-0.4, -0.2) is 31.8 Å². The maximum Gasteiger partial charge on any atom is 0.416 e. The van der Waals surface area contributed by atoms with E-state index in [0.717, 1.165) is 16.8 Å². The van der Waals surface area contributed by atoms with Crippen molar-refractivity contribution in [1.29, 1.82) is 0 Å². The molecule has 0 saturated carbocycles. The summed E-state index contributed by atoms with van der Waals surface area (Å²) >= 11 is 0. The van der Waals surface area contributed by atoms with Gasteiger partial charge in [-0.1, -0.05) is 12.1 Å². The fourth-order valence-electron chi connectivity index (χ4n) is 2.60. The van der Waals surface area contributed by atoms with Gasteiger partial charge in [-0.2, -0.15) is 13.2 Å². The largest absolute Gasteiger partial charge is 0.416 e. The van der Waals surface area contributed by atoms with Crippen LogP contribution in [-0.2, 0) is 19.8 Å². The van der Waals surface area contributed by atoms with Crippen LogP contribution in [0.1, 0.15) is 15.9 Å². The predicted molar refractivity (Wildman–Crippen MR) is 94.5 cm³/mol. The topological polar surface area (TPSA) is 81.8 Å². The van der Waals surface area contributed by atoms with Gasteiger partial charge in [0.15, 0.2) is 5.82 Å². The molecule has 0 spiro atoms. The summed E-state index contributed by atoms with van der Waals surface area (Å²) in [5.41, 5.74) is -0.718. The summed E-state index contributed by atoms with van der Waals surface area (Å²) in [4.78, 5) is 28.1. The monoisotopic (exact) mass is 391 g/mol. The van der Waals surface area contributed by atoms with E-state index in [9.17, 15) is 22.8 Å². The van der Waals surface area contributed by atoms with Gasteiger partial charge in [-0.3, -0.25) is 14.3 Å². The van der Waals surface area contributed by atoms with Crippen molar-refractivity contribution in [2.45, 2.75) is 12.7 Å². The van der Waals surface area contributed by atoms with Crippen LogP contribution < -0.4 is 11.0 Å². The number of nitrogens with one attached hydrogen (secondary N) is 1. The molecule has 2 heterocycles. The lowest BCUT2D eigenvalue weighted by atomic mass is 10.1. The Bertz CT molecular complexity index is 1040. The zero-order valence-corrected chi connectivity index (χ0v) is 14.8. The number of carbonyl (C=O) groups is 1. The van der Waals surface area contributed by atoms with Crippen molar-refractivity contribution < 1.29 is 18.0 Å². The summed E-state index contributed by atoms with van der Waals surface area (Å²) in [6.45, 7) is 0.197. The van der Waals surface area contributed by atoms with E-state index in [0.29, 0.717) is 5.56 Å². The minimum absolute atomic E-state index is 0.0719. The van der Waals surface area contributed by atoms with E-state index in [-0.39, 0.29) is 30.4 Å². The standard InChI is InChI=1S/C18H16F3N5O2/c1-25-15(13-3-2-4-14(11-13)18(19,20)21)24-26(17(25)28)10-9-23-16(27)12-5-7-22-8-6-12/h2-8,11H,9-10H2,1H3,(H,23,27). The number of amides is 1. The van der Waals surface area contributed by atoms with Crippen LogP contribution in [0.15, 0.2) is 53.6 Å². The molecule has 0 radical (unpaired) electrons. The molecule has 0 bridgehead atoms. The minimum atomic E-state index is -4.49. The molecule has 1 N–H and O–H groups in total. The predicted octanol–water partition coefficient (Wildman–Crippen LogP) is 2.09. The van der Waals surface area contributed by atoms with Crippen molar-refractivity contribution in [2.75, 3.05) is 6.54 Å². The summed E-state index contributed by atoms with van der Waals surface area (Å²) < 4.78 is 41.0. The van der Waals surface area contributed by atoms with Crippen molar-refractivity contribution in [3.05, 3.63) is 70.4 Å². The fourth-order valence-corrected chi connectivity index (χ4v) is 2.60. The lowest BCUT2D eigenvalue weighted by Gasteiger charge is -2.08. The third-order valence-corrected chi connectivity index (χ3v) is 4.04. The Hall–Kier alpha value is -3.43. The first-order valence-electron chi connectivity index (χ1n) is 8.27. The van der Waals surface area contributed by atoms with Gasteiger partial charge < -0.3 is 5.32 Å². The van der Waals surface area contributed by atoms with Crippen LogP contribution in [0.25, 0.3) is 11.4 Å². The third kappa shape index (κ3) is 4.11. The van der Waals surface area contributed by atoms with E-state index in [1.807, 2.05) is 0 Å². The van der Waals surface area contributed by atoms with E-state index in [1.54, 1.807) is 12.1 Å². The smallest absolute Gasteiger partial charge is 0.350 e. The van der Waals surface area contributed by atoms with Gasteiger partial charge in [0.1, 0.15) is 0 Å². The van der Waals surface area contributed by atoms with Gasteiger partial charge in [-0.05, 0) is 24.3 Å². The highest BCUT2D eigenvalue weighted by molar-refractivity contribution is 5.93. The Balaban J connectivity index is 1.75. The molecule has 10 heteroatoms. The Kier molecular flexibility index (Phi) is 5.30. The normalized spacial score (nSPS) is 11.4. The number of aromatic nitrogens is 4. The summed E-state index contributed by atoms with van der Waals surface area (Å²) in [5, 5.41) is 6.76. The van der Waals surface area contributed by atoms with E-state index in [4.69, 9.17) is 0 Å². The molecule has 3 rings (SSSR count). The number of halogens is 3. The Morgan fingerprint density at radius 1 is 1.18 bits per heavy atom. The van der Waals surface area contributed by atoms with E-state index >= 15 is 0 Å². The van der Waals surface area contributed by atoms with Crippen LogP contribution in [0.4, 0.5) is 13.2 Å². The quantitative estimate of drug-likeness (QED) is 0.722. The number of benzene rings is 1. The summed E-state index contributed by atoms with van der Waals surface area (Å²) in [6, 6.07) is 7.70. The second-order valence-electron chi connectivity index (χ2n) is 5.96. The molecule has 2 aromatic heterocycles. The molecule has 7 nitrogen and oxygen atoms in total. The second-order valence-corrected chi connectivity index (χ2v) is 5.96. The number of hydrogen-bond acceptors (Lipinski definition) is 4. The Morgan fingerprint density at radius 3 is 2.57 bits per heavy atom. The third-order valence-electron chi connectivity index (χ3n) is 4.04. The molecule has 0 aliphatic carbocycles. The van der Waals surface area contributed by atoms with Gasteiger partial charge in [0.2, 0.25) is 0 Å². The first kappa shape index (κ1) is 19.3. The highest BCUT2D eigenvalue weighted by Gasteiger charge is 2.30. The molecule has 1 aromatic carbocycles. The van der Waals surface area contributed by atoms with Gasteiger partial charge in [-0.25, -0.2) is 9.48 Å². The van der Waals surface area contributed by atoms with Crippen LogP contribution in [0.5, 0.6) is 0 Å². The maximum atomic E-state index is 12.9. The average Bonchev–Trinajstić information content (AvgIpc) is 2.96. The van der Waals surface area contributed by atoms with Crippen LogP contribution in [0.2, 0.25) is 0 Å². The zero-order chi connectivity index (χ0) is 20.3. The lowest BCUT2D eigenvalue weighted by molar-refractivity contribution is -0.137. The number of alkyl halides is 3. The van der Waals surface area contributed by atoms with E-state index in [2.05, 4.69) is 15.4 Å². The molecule has 1 amide bonds. The summed E-state index contributed by atoms with van der Waals surface area (Å²) in [6.07, 6.45) is -1.52.